The van der Waals surface area contributed by atoms with Gasteiger partial charge in [-0.3, -0.25) is 9.59 Å². The van der Waals surface area contributed by atoms with E-state index >= 15 is 0 Å². The van der Waals surface area contributed by atoms with Gasteiger partial charge < -0.3 is 19.1 Å². The summed E-state index contributed by atoms with van der Waals surface area (Å²) >= 11 is 0. The lowest BCUT2D eigenvalue weighted by atomic mass is 10.1. The van der Waals surface area contributed by atoms with Crippen molar-refractivity contribution in [3.8, 4) is 11.4 Å². The molecule has 0 aliphatic heterocycles. The molecule has 1 N–H and O–H groups in total. The van der Waals surface area contributed by atoms with Crippen molar-refractivity contribution >= 4 is 11.8 Å². The topological polar surface area (TPSA) is 119 Å². The van der Waals surface area contributed by atoms with Crippen LogP contribution in [0.1, 0.15) is 54.6 Å². The van der Waals surface area contributed by atoms with Crippen molar-refractivity contribution in [2.45, 2.75) is 64.7 Å². The zero-order chi connectivity index (χ0) is 25.8. The Balaban J connectivity index is 1.42. The molecular weight excluding hydrogens is 472 g/mol. The number of rotatable bonds is 9. The maximum atomic E-state index is 13.7. The molecule has 0 spiro atoms. The van der Waals surface area contributed by atoms with Crippen molar-refractivity contribution in [1.29, 1.82) is 0 Å². The van der Waals surface area contributed by atoms with E-state index in [1.54, 1.807) is 31.2 Å². The van der Waals surface area contributed by atoms with E-state index in [0.717, 1.165) is 36.8 Å². The molecule has 1 saturated carbocycles. The summed E-state index contributed by atoms with van der Waals surface area (Å²) in [5.41, 5.74) is 1.92. The summed E-state index contributed by atoms with van der Waals surface area (Å²) in [7, 11) is 0. The zero-order valence-electron chi connectivity index (χ0n) is 21.0. The quantitative estimate of drug-likeness (QED) is 0.368. The van der Waals surface area contributed by atoms with Gasteiger partial charge in [0.25, 0.3) is 5.91 Å². The van der Waals surface area contributed by atoms with Crippen LogP contribution in [-0.2, 0) is 22.7 Å². The van der Waals surface area contributed by atoms with Crippen LogP contribution < -0.4 is 5.32 Å². The third-order valence-corrected chi connectivity index (χ3v) is 6.56. The van der Waals surface area contributed by atoms with Crippen LogP contribution in [0.4, 0.5) is 0 Å². The van der Waals surface area contributed by atoms with Crippen LogP contribution in [0.3, 0.4) is 0 Å². The number of tetrazole rings is 1. The van der Waals surface area contributed by atoms with E-state index in [9.17, 15) is 9.59 Å². The number of furan rings is 2. The number of carbonyl (C=O) groups excluding carboxylic acids is 2. The molecule has 10 heteroatoms. The fourth-order valence-electron chi connectivity index (χ4n) is 4.61. The van der Waals surface area contributed by atoms with E-state index in [1.165, 1.54) is 16.0 Å². The molecule has 1 aliphatic carbocycles. The predicted molar refractivity (Wildman–Crippen MR) is 134 cm³/mol. The molecule has 0 radical (unpaired) electrons. The van der Waals surface area contributed by atoms with Crippen molar-refractivity contribution in [1.82, 2.24) is 30.4 Å². The summed E-state index contributed by atoms with van der Waals surface area (Å²) in [6.45, 7) is 3.68. The van der Waals surface area contributed by atoms with Gasteiger partial charge in [-0.25, -0.2) is 0 Å². The van der Waals surface area contributed by atoms with Crippen LogP contribution in [0, 0.1) is 13.8 Å². The molecule has 3 aromatic heterocycles. The number of hydrogen-bond donors (Lipinski definition) is 1. The summed E-state index contributed by atoms with van der Waals surface area (Å²) in [5, 5.41) is 15.7. The standard InChI is InChI=1S/C27H30N6O4/c1-18-9-12-20(13-10-18)26-29-31-33(30-26)17-24(34)32(16-22-8-5-15-36-22)25(23-14-11-19(2)37-23)27(35)28-21-6-3-4-7-21/h5,8-15,21,25H,3-4,6-7,16-17H2,1-2H3,(H,28,35)/t25-/m0/s1. The van der Waals surface area contributed by atoms with Gasteiger partial charge in [-0.1, -0.05) is 42.7 Å². The third kappa shape index (κ3) is 5.79. The molecule has 10 nitrogen and oxygen atoms in total. The number of benzene rings is 1. The first-order chi connectivity index (χ1) is 18.0. The van der Waals surface area contributed by atoms with Crippen molar-refractivity contribution < 1.29 is 18.4 Å². The molecule has 0 bridgehead atoms. The number of hydrogen-bond acceptors (Lipinski definition) is 7. The molecule has 2 amide bonds. The van der Waals surface area contributed by atoms with Gasteiger partial charge in [-0.2, -0.15) is 4.80 Å². The molecule has 192 valence electrons. The summed E-state index contributed by atoms with van der Waals surface area (Å²) in [6, 6.07) is 13.9. The van der Waals surface area contributed by atoms with E-state index in [2.05, 4.69) is 20.7 Å². The molecule has 0 saturated heterocycles. The normalized spacial score (nSPS) is 14.5. The van der Waals surface area contributed by atoms with Crippen molar-refractivity contribution in [3.05, 3.63) is 77.6 Å². The van der Waals surface area contributed by atoms with Crippen molar-refractivity contribution in [3.63, 3.8) is 0 Å². The Labute approximate surface area is 214 Å². The highest BCUT2D eigenvalue weighted by atomic mass is 16.3. The second-order valence-corrected chi connectivity index (χ2v) is 9.45. The van der Waals surface area contributed by atoms with Gasteiger partial charge in [0, 0.05) is 11.6 Å². The number of aromatic nitrogens is 4. The largest absolute Gasteiger partial charge is 0.467 e. The summed E-state index contributed by atoms with van der Waals surface area (Å²) in [4.78, 5) is 30.0. The Morgan fingerprint density at radius 2 is 1.89 bits per heavy atom. The Morgan fingerprint density at radius 1 is 1.11 bits per heavy atom. The lowest BCUT2D eigenvalue weighted by Crippen LogP contribution is -2.46. The first-order valence-electron chi connectivity index (χ1n) is 12.5. The molecule has 1 aliphatic rings. The number of amides is 2. The number of nitrogens with zero attached hydrogens (tertiary/aromatic N) is 5. The van der Waals surface area contributed by atoms with Gasteiger partial charge in [0.2, 0.25) is 11.7 Å². The van der Waals surface area contributed by atoms with Crippen molar-refractivity contribution in [2.24, 2.45) is 0 Å². The highest BCUT2D eigenvalue weighted by Crippen LogP contribution is 2.28. The molecule has 0 unspecified atom stereocenters. The minimum atomic E-state index is -0.980. The maximum Gasteiger partial charge on any atom is 0.250 e. The van der Waals surface area contributed by atoms with E-state index < -0.39 is 6.04 Å². The van der Waals surface area contributed by atoms with E-state index in [0.29, 0.717) is 23.1 Å². The van der Waals surface area contributed by atoms with E-state index in [1.807, 2.05) is 31.2 Å². The lowest BCUT2D eigenvalue weighted by Gasteiger charge is -2.30. The molecule has 1 aromatic carbocycles. The van der Waals surface area contributed by atoms with Gasteiger partial charge in [-0.15, -0.1) is 10.2 Å². The highest BCUT2D eigenvalue weighted by molar-refractivity contribution is 5.88. The van der Waals surface area contributed by atoms with E-state index in [-0.39, 0.29) is 30.9 Å². The third-order valence-electron chi connectivity index (χ3n) is 6.56. The second kappa shape index (κ2) is 10.8. The Hall–Kier alpha value is -4.21. The first kappa shape index (κ1) is 24.5. The Morgan fingerprint density at radius 3 is 2.57 bits per heavy atom. The second-order valence-electron chi connectivity index (χ2n) is 9.45. The van der Waals surface area contributed by atoms with Gasteiger partial charge in [0.1, 0.15) is 23.8 Å². The minimum absolute atomic E-state index is 0.0772. The Bertz CT molecular complexity index is 1340. The highest BCUT2D eigenvalue weighted by Gasteiger charge is 2.36. The van der Waals surface area contributed by atoms with Gasteiger partial charge in [-0.05, 0) is 56.2 Å². The Kier molecular flexibility index (Phi) is 7.16. The van der Waals surface area contributed by atoms with Crippen LogP contribution in [0.25, 0.3) is 11.4 Å². The fourth-order valence-corrected chi connectivity index (χ4v) is 4.61. The summed E-state index contributed by atoms with van der Waals surface area (Å²) < 4.78 is 11.4. The van der Waals surface area contributed by atoms with Crippen LogP contribution in [0.5, 0.6) is 0 Å². The number of aryl methyl sites for hydroxylation is 2. The molecule has 5 rings (SSSR count). The van der Waals surface area contributed by atoms with Gasteiger partial charge in [0.05, 0.1) is 12.8 Å². The zero-order valence-corrected chi connectivity index (χ0v) is 21.0. The lowest BCUT2D eigenvalue weighted by molar-refractivity contribution is -0.143. The van der Waals surface area contributed by atoms with Crippen LogP contribution in [0.15, 0.2) is 63.6 Å². The molecule has 4 aromatic rings. The van der Waals surface area contributed by atoms with Crippen LogP contribution in [0.2, 0.25) is 0 Å². The molecule has 3 heterocycles. The van der Waals surface area contributed by atoms with Crippen LogP contribution >= 0.6 is 0 Å². The molecule has 1 fully saturated rings. The molecular formula is C27H30N6O4. The predicted octanol–water partition coefficient (Wildman–Crippen LogP) is 3.97. The summed E-state index contributed by atoms with van der Waals surface area (Å²) in [6.07, 6.45) is 5.53. The molecule has 1 atom stereocenters. The molecule has 37 heavy (non-hydrogen) atoms. The smallest absolute Gasteiger partial charge is 0.250 e. The number of nitrogens with one attached hydrogen (secondary N) is 1. The fraction of sp³-hybridized carbons (Fsp3) is 0.370. The monoisotopic (exact) mass is 502 g/mol. The maximum absolute atomic E-state index is 13.7. The average Bonchev–Trinajstić information content (AvgIpc) is 3.69. The van der Waals surface area contributed by atoms with Gasteiger partial charge >= 0.3 is 0 Å². The minimum Gasteiger partial charge on any atom is -0.467 e. The number of carbonyl (C=O) groups is 2. The average molecular weight is 503 g/mol. The summed E-state index contributed by atoms with van der Waals surface area (Å²) in [5.74, 6) is 1.35. The first-order valence-corrected chi connectivity index (χ1v) is 12.5. The van der Waals surface area contributed by atoms with Crippen molar-refractivity contribution in [2.75, 3.05) is 0 Å². The SMILES string of the molecule is Cc1ccc(-c2nnn(CC(=O)N(Cc3ccco3)[C@H](C(=O)NC3CCCC3)c3ccc(C)o3)n2)cc1. The van der Waals surface area contributed by atoms with E-state index in [4.69, 9.17) is 8.83 Å². The van der Waals surface area contributed by atoms with Crippen LogP contribution in [-0.4, -0.2) is 43.0 Å². The van der Waals surface area contributed by atoms with Gasteiger partial charge in [0.15, 0.2) is 6.04 Å².